The van der Waals surface area contributed by atoms with Crippen LogP contribution in [-0.2, 0) is 0 Å². The molecule has 1 unspecified atom stereocenters. The Morgan fingerprint density at radius 3 is 2.67 bits per heavy atom. The van der Waals surface area contributed by atoms with Gasteiger partial charge in [0, 0.05) is 22.7 Å². The van der Waals surface area contributed by atoms with Crippen molar-refractivity contribution in [2.24, 2.45) is 0 Å². The van der Waals surface area contributed by atoms with Crippen LogP contribution in [0.5, 0.6) is 0 Å². The third-order valence-electron chi connectivity index (χ3n) is 3.22. The Morgan fingerprint density at radius 2 is 2.10 bits per heavy atom. The molecule has 21 heavy (non-hydrogen) atoms. The van der Waals surface area contributed by atoms with E-state index in [4.69, 9.17) is 11.6 Å². The van der Waals surface area contributed by atoms with E-state index in [1.54, 1.807) is 11.3 Å². The summed E-state index contributed by atoms with van der Waals surface area (Å²) in [6, 6.07) is 9.81. The zero-order valence-electron chi connectivity index (χ0n) is 12.4. The first-order valence-corrected chi connectivity index (χ1v) is 8.11. The molecule has 0 saturated heterocycles. The lowest BCUT2D eigenvalue weighted by atomic mass is 10.1. The van der Waals surface area contributed by atoms with Crippen LogP contribution in [0, 0.1) is 6.92 Å². The molecule has 1 atom stereocenters. The van der Waals surface area contributed by atoms with Gasteiger partial charge in [0.05, 0.1) is 10.4 Å². The van der Waals surface area contributed by atoms with Gasteiger partial charge in [-0.15, -0.1) is 11.3 Å². The molecule has 1 amide bonds. The highest BCUT2D eigenvalue weighted by molar-refractivity contribution is 7.16. The van der Waals surface area contributed by atoms with Gasteiger partial charge in [-0.25, -0.2) is 0 Å². The van der Waals surface area contributed by atoms with Crippen molar-refractivity contribution in [1.29, 1.82) is 0 Å². The van der Waals surface area contributed by atoms with Crippen LogP contribution in [0.25, 0.3) is 0 Å². The van der Waals surface area contributed by atoms with Crippen LogP contribution in [0.2, 0.25) is 4.34 Å². The molecule has 0 saturated carbocycles. The maximum atomic E-state index is 11.8. The first-order chi connectivity index (χ1) is 10.0. The Labute approximate surface area is 134 Å². The molecule has 0 fully saturated rings. The number of carbonyl (C=O) groups excluding carboxylic acids is 1. The van der Waals surface area contributed by atoms with E-state index in [2.05, 4.69) is 17.6 Å². The minimum Gasteiger partial charge on any atom is -0.377 e. The highest BCUT2D eigenvalue weighted by atomic mass is 35.5. The van der Waals surface area contributed by atoms with Gasteiger partial charge in [-0.2, -0.15) is 0 Å². The van der Waals surface area contributed by atoms with Crippen LogP contribution in [0.15, 0.2) is 30.3 Å². The highest BCUT2D eigenvalue weighted by Gasteiger charge is 2.11. The molecule has 2 N–H and O–H groups in total. The molecular weight excluding hydrogens is 304 g/mol. The largest absolute Gasteiger partial charge is 0.377 e. The van der Waals surface area contributed by atoms with E-state index in [1.165, 1.54) is 4.88 Å². The molecule has 3 nitrogen and oxygen atoms in total. The number of thiophene rings is 1. The van der Waals surface area contributed by atoms with Crippen molar-refractivity contribution in [3.63, 3.8) is 0 Å². The quantitative estimate of drug-likeness (QED) is 0.842. The van der Waals surface area contributed by atoms with Gasteiger partial charge in [-0.05, 0) is 56.7 Å². The summed E-state index contributed by atoms with van der Waals surface area (Å²) in [6.45, 7) is 6.64. The normalized spacial score (nSPS) is 12.0. The van der Waals surface area contributed by atoms with Gasteiger partial charge in [0.2, 0.25) is 0 Å². The molecule has 2 aromatic rings. The van der Waals surface area contributed by atoms with Gasteiger partial charge in [0.1, 0.15) is 0 Å². The summed E-state index contributed by atoms with van der Waals surface area (Å²) in [5.74, 6) is -0.0368. The standard InChI is InChI=1S/C16H19ClN2OS/c1-4-18-16(20)12-5-6-13(10(2)9-12)19-11(3)14-7-8-15(17)21-14/h5-9,11,19H,4H2,1-3H3,(H,18,20). The number of amides is 1. The maximum Gasteiger partial charge on any atom is 0.251 e. The van der Waals surface area contributed by atoms with Crippen molar-refractivity contribution in [1.82, 2.24) is 5.32 Å². The number of benzene rings is 1. The zero-order valence-corrected chi connectivity index (χ0v) is 13.9. The fourth-order valence-electron chi connectivity index (χ4n) is 2.09. The Hall–Kier alpha value is -1.52. The Kier molecular flexibility index (Phi) is 5.26. The fourth-order valence-corrected chi connectivity index (χ4v) is 3.16. The second-order valence-electron chi connectivity index (χ2n) is 4.90. The van der Waals surface area contributed by atoms with Gasteiger partial charge in [0.15, 0.2) is 0 Å². The second kappa shape index (κ2) is 6.96. The number of carbonyl (C=O) groups is 1. The second-order valence-corrected chi connectivity index (χ2v) is 6.64. The number of nitrogens with one attached hydrogen (secondary N) is 2. The predicted octanol–water partition coefficient (Wildman–Crippen LogP) is 4.63. The summed E-state index contributed by atoms with van der Waals surface area (Å²) < 4.78 is 0.793. The van der Waals surface area contributed by atoms with Crippen LogP contribution >= 0.6 is 22.9 Å². The van der Waals surface area contributed by atoms with E-state index < -0.39 is 0 Å². The van der Waals surface area contributed by atoms with Crippen molar-refractivity contribution < 1.29 is 4.79 Å². The van der Waals surface area contributed by atoms with E-state index in [1.807, 2.05) is 44.2 Å². The molecule has 1 aromatic heterocycles. The summed E-state index contributed by atoms with van der Waals surface area (Å²) >= 11 is 7.54. The van der Waals surface area contributed by atoms with Crippen LogP contribution in [0.4, 0.5) is 5.69 Å². The number of halogens is 1. The highest BCUT2D eigenvalue weighted by Crippen LogP contribution is 2.30. The molecule has 112 valence electrons. The summed E-state index contributed by atoms with van der Waals surface area (Å²) in [4.78, 5) is 13.0. The molecular formula is C16H19ClN2OS. The average Bonchev–Trinajstić information content (AvgIpc) is 2.88. The summed E-state index contributed by atoms with van der Waals surface area (Å²) in [7, 11) is 0. The predicted molar refractivity (Wildman–Crippen MR) is 90.6 cm³/mol. The third kappa shape index (κ3) is 3.99. The number of hydrogen-bond acceptors (Lipinski definition) is 3. The lowest BCUT2D eigenvalue weighted by molar-refractivity contribution is 0.0956. The van der Waals surface area contributed by atoms with Crippen molar-refractivity contribution in [2.75, 3.05) is 11.9 Å². The summed E-state index contributed by atoms with van der Waals surface area (Å²) in [5.41, 5.74) is 2.76. The molecule has 2 rings (SSSR count). The van der Waals surface area contributed by atoms with Crippen LogP contribution in [0.3, 0.4) is 0 Å². The number of aryl methyl sites for hydroxylation is 1. The molecule has 1 heterocycles. The van der Waals surface area contributed by atoms with E-state index in [9.17, 15) is 4.79 Å². The lowest BCUT2D eigenvalue weighted by Gasteiger charge is -2.16. The Bertz CT molecular complexity index is 639. The van der Waals surface area contributed by atoms with Crippen molar-refractivity contribution >= 4 is 34.5 Å². The van der Waals surface area contributed by atoms with Crippen molar-refractivity contribution in [3.8, 4) is 0 Å². The van der Waals surface area contributed by atoms with Gasteiger partial charge in [0.25, 0.3) is 5.91 Å². The minimum absolute atomic E-state index is 0.0368. The molecule has 0 aliphatic heterocycles. The lowest BCUT2D eigenvalue weighted by Crippen LogP contribution is -2.22. The van der Waals surface area contributed by atoms with E-state index >= 15 is 0 Å². The minimum atomic E-state index is -0.0368. The van der Waals surface area contributed by atoms with Gasteiger partial charge in [-0.3, -0.25) is 4.79 Å². The van der Waals surface area contributed by atoms with E-state index in [-0.39, 0.29) is 11.9 Å². The zero-order chi connectivity index (χ0) is 15.4. The number of anilines is 1. The summed E-state index contributed by atoms with van der Waals surface area (Å²) in [5, 5.41) is 6.26. The smallest absolute Gasteiger partial charge is 0.251 e. The SMILES string of the molecule is CCNC(=O)c1ccc(NC(C)c2ccc(Cl)s2)c(C)c1. The topological polar surface area (TPSA) is 41.1 Å². The van der Waals surface area contributed by atoms with Crippen LogP contribution in [0.1, 0.15) is 40.7 Å². The molecule has 0 aliphatic rings. The molecule has 1 aromatic carbocycles. The maximum absolute atomic E-state index is 11.8. The van der Waals surface area contributed by atoms with Crippen LogP contribution in [-0.4, -0.2) is 12.5 Å². The van der Waals surface area contributed by atoms with Crippen LogP contribution < -0.4 is 10.6 Å². The third-order valence-corrected chi connectivity index (χ3v) is 4.63. The van der Waals surface area contributed by atoms with Crippen molar-refractivity contribution in [3.05, 3.63) is 50.7 Å². The van der Waals surface area contributed by atoms with E-state index in [0.717, 1.165) is 15.6 Å². The first kappa shape index (κ1) is 15.9. The molecule has 0 spiro atoms. The van der Waals surface area contributed by atoms with Gasteiger partial charge >= 0.3 is 0 Å². The van der Waals surface area contributed by atoms with E-state index in [0.29, 0.717) is 12.1 Å². The first-order valence-electron chi connectivity index (χ1n) is 6.92. The number of rotatable bonds is 5. The Morgan fingerprint density at radius 1 is 1.33 bits per heavy atom. The summed E-state index contributed by atoms with van der Waals surface area (Å²) in [6.07, 6.45) is 0. The monoisotopic (exact) mass is 322 g/mol. The Balaban J connectivity index is 2.12. The molecule has 5 heteroatoms. The molecule has 0 bridgehead atoms. The molecule has 0 radical (unpaired) electrons. The fraction of sp³-hybridized carbons (Fsp3) is 0.312. The average molecular weight is 323 g/mol. The van der Waals surface area contributed by atoms with Crippen molar-refractivity contribution in [2.45, 2.75) is 26.8 Å². The van der Waals surface area contributed by atoms with Gasteiger partial charge < -0.3 is 10.6 Å². The van der Waals surface area contributed by atoms with Gasteiger partial charge in [-0.1, -0.05) is 11.6 Å². The molecule has 0 aliphatic carbocycles. The number of hydrogen-bond donors (Lipinski definition) is 2.